The number of carbonyl (C=O) groups excluding carboxylic acids is 1. The van der Waals surface area contributed by atoms with Crippen LogP contribution in [-0.4, -0.2) is 39.2 Å². The minimum Gasteiger partial charge on any atom is -0.454 e. The first kappa shape index (κ1) is 21.3. The molecule has 2 aliphatic heterocycles. The molecule has 0 saturated heterocycles. The summed E-state index contributed by atoms with van der Waals surface area (Å²) in [5.74, 6) is 1.37. The van der Waals surface area contributed by atoms with Gasteiger partial charge in [-0.15, -0.1) is 0 Å². The fourth-order valence-electron chi connectivity index (χ4n) is 4.03. The quantitative estimate of drug-likeness (QED) is 0.509. The van der Waals surface area contributed by atoms with Crippen LogP contribution in [0.4, 0.5) is 11.6 Å². The summed E-state index contributed by atoms with van der Waals surface area (Å²) in [6.45, 7) is 4.32. The largest absolute Gasteiger partial charge is 0.454 e. The standard InChI is InChI=1S/C23H22ClN5O4/c1-13-20(22(31)26-16-7-5-15(24)6-8-16)21(14-4-9-17-18(11-14)33-12-32-17)29-23(25-13)27-19(28-29)3-2-10-30/h4-9,11,20-21,30H,1-3,10,12H2,(H,26,31)(H,25,27,28)/t20-,21-/m0/s1. The zero-order valence-electron chi connectivity index (χ0n) is 17.6. The third-order valence-electron chi connectivity index (χ3n) is 5.59. The first-order chi connectivity index (χ1) is 16.0. The van der Waals surface area contributed by atoms with Crippen molar-refractivity contribution in [2.45, 2.75) is 18.9 Å². The highest BCUT2D eigenvalue weighted by Crippen LogP contribution is 2.42. The molecule has 170 valence electrons. The molecule has 5 rings (SSSR count). The number of aliphatic hydroxyl groups excluding tert-OH is 1. The molecular formula is C23H22ClN5O4. The van der Waals surface area contributed by atoms with Gasteiger partial charge < -0.3 is 25.2 Å². The van der Waals surface area contributed by atoms with Crippen molar-refractivity contribution in [1.29, 1.82) is 0 Å². The van der Waals surface area contributed by atoms with Crippen LogP contribution in [0.2, 0.25) is 5.02 Å². The lowest BCUT2D eigenvalue weighted by Gasteiger charge is -2.33. The number of benzene rings is 2. The molecule has 0 radical (unpaired) electrons. The van der Waals surface area contributed by atoms with Crippen LogP contribution in [0.1, 0.15) is 23.9 Å². The SMILES string of the molecule is C=C1Nc2nc(CCCO)nn2[C@@H](c2ccc3c(c2)OCO3)[C@H]1C(=O)Nc1ccc(Cl)cc1. The van der Waals surface area contributed by atoms with Crippen LogP contribution in [0.5, 0.6) is 11.5 Å². The molecule has 9 nitrogen and oxygen atoms in total. The van der Waals surface area contributed by atoms with E-state index in [-0.39, 0.29) is 19.3 Å². The summed E-state index contributed by atoms with van der Waals surface area (Å²) in [5.41, 5.74) is 1.92. The van der Waals surface area contributed by atoms with E-state index in [9.17, 15) is 9.90 Å². The molecule has 3 heterocycles. The molecule has 33 heavy (non-hydrogen) atoms. The van der Waals surface area contributed by atoms with Gasteiger partial charge in [0.2, 0.25) is 18.6 Å². The van der Waals surface area contributed by atoms with Crippen molar-refractivity contribution in [3.63, 3.8) is 0 Å². The van der Waals surface area contributed by atoms with Crippen LogP contribution < -0.4 is 20.1 Å². The van der Waals surface area contributed by atoms with Gasteiger partial charge in [0.25, 0.3) is 0 Å². The molecule has 0 saturated carbocycles. The Morgan fingerprint density at radius 1 is 1.24 bits per heavy atom. The van der Waals surface area contributed by atoms with Gasteiger partial charge in [0, 0.05) is 29.4 Å². The highest BCUT2D eigenvalue weighted by molar-refractivity contribution is 6.30. The maximum absolute atomic E-state index is 13.5. The molecule has 1 amide bonds. The van der Waals surface area contributed by atoms with Crippen LogP contribution in [0, 0.1) is 5.92 Å². The first-order valence-electron chi connectivity index (χ1n) is 10.5. The molecular weight excluding hydrogens is 446 g/mol. The van der Waals surface area contributed by atoms with Gasteiger partial charge in [-0.25, -0.2) is 4.68 Å². The third-order valence-corrected chi connectivity index (χ3v) is 5.84. The predicted molar refractivity (Wildman–Crippen MR) is 122 cm³/mol. The van der Waals surface area contributed by atoms with Gasteiger partial charge in [-0.1, -0.05) is 24.2 Å². The van der Waals surface area contributed by atoms with Crippen molar-refractivity contribution in [1.82, 2.24) is 14.8 Å². The number of aliphatic hydroxyl groups is 1. The molecule has 0 bridgehead atoms. The summed E-state index contributed by atoms with van der Waals surface area (Å²) in [6, 6.07) is 11.9. The molecule has 3 aromatic rings. The van der Waals surface area contributed by atoms with Crippen LogP contribution >= 0.6 is 11.6 Å². The summed E-state index contributed by atoms with van der Waals surface area (Å²) >= 11 is 5.97. The van der Waals surface area contributed by atoms with Gasteiger partial charge in [0.15, 0.2) is 17.3 Å². The highest BCUT2D eigenvalue weighted by atomic mass is 35.5. The maximum atomic E-state index is 13.5. The van der Waals surface area contributed by atoms with E-state index in [0.29, 0.717) is 52.5 Å². The zero-order valence-corrected chi connectivity index (χ0v) is 18.4. The normalized spacial score (nSPS) is 18.5. The van der Waals surface area contributed by atoms with Crippen molar-refractivity contribution in [3.8, 4) is 11.5 Å². The molecule has 3 N–H and O–H groups in total. The fourth-order valence-corrected chi connectivity index (χ4v) is 4.15. The number of carbonyl (C=O) groups is 1. The second-order valence-electron chi connectivity index (χ2n) is 7.80. The average Bonchev–Trinajstić information content (AvgIpc) is 3.44. The lowest BCUT2D eigenvalue weighted by Crippen LogP contribution is -2.39. The van der Waals surface area contributed by atoms with Gasteiger partial charge >= 0.3 is 0 Å². The van der Waals surface area contributed by atoms with Gasteiger partial charge in [-0.2, -0.15) is 10.1 Å². The number of hydrogen-bond acceptors (Lipinski definition) is 7. The van der Waals surface area contributed by atoms with Crippen LogP contribution in [0.15, 0.2) is 54.7 Å². The smallest absolute Gasteiger partial charge is 0.235 e. The van der Waals surface area contributed by atoms with E-state index < -0.39 is 12.0 Å². The van der Waals surface area contributed by atoms with Gasteiger partial charge in [0.05, 0.1) is 6.04 Å². The fraction of sp³-hybridized carbons (Fsp3) is 0.261. The lowest BCUT2D eigenvalue weighted by molar-refractivity contribution is -0.119. The molecule has 0 spiro atoms. The summed E-state index contributed by atoms with van der Waals surface area (Å²) < 4.78 is 12.7. The Labute approximate surface area is 195 Å². The number of ether oxygens (including phenoxy) is 2. The van der Waals surface area contributed by atoms with E-state index in [1.165, 1.54) is 0 Å². The average molecular weight is 468 g/mol. The summed E-state index contributed by atoms with van der Waals surface area (Å²) in [6.07, 6.45) is 1.06. The van der Waals surface area contributed by atoms with E-state index >= 15 is 0 Å². The van der Waals surface area contributed by atoms with Crippen molar-refractivity contribution in [3.05, 3.63) is 71.2 Å². The number of nitrogens with one attached hydrogen (secondary N) is 2. The summed E-state index contributed by atoms with van der Waals surface area (Å²) in [4.78, 5) is 18.0. The number of rotatable bonds is 6. The number of hydrogen-bond donors (Lipinski definition) is 3. The van der Waals surface area contributed by atoms with Crippen molar-refractivity contribution in [2.24, 2.45) is 5.92 Å². The Bertz CT molecular complexity index is 1210. The van der Waals surface area contributed by atoms with Crippen molar-refractivity contribution < 1.29 is 19.4 Å². The molecule has 10 heteroatoms. The first-order valence-corrected chi connectivity index (χ1v) is 10.9. The second-order valence-corrected chi connectivity index (χ2v) is 8.24. The Kier molecular flexibility index (Phi) is 5.65. The number of aromatic nitrogens is 3. The topological polar surface area (TPSA) is 111 Å². The Hall–Kier alpha value is -3.56. The minimum absolute atomic E-state index is 0.0434. The van der Waals surface area contributed by atoms with E-state index in [0.717, 1.165) is 5.56 Å². The lowest BCUT2D eigenvalue weighted by atomic mass is 9.88. The van der Waals surface area contributed by atoms with E-state index in [1.54, 1.807) is 28.9 Å². The third kappa shape index (κ3) is 4.12. The molecule has 0 unspecified atom stereocenters. The zero-order chi connectivity index (χ0) is 22.9. The number of halogens is 1. The number of fused-ring (bicyclic) bond motifs is 2. The molecule has 0 aliphatic carbocycles. The molecule has 2 aromatic carbocycles. The van der Waals surface area contributed by atoms with E-state index in [2.05, 4.69) is 27.3 Å². The number of nitrogens with zero attached hydrogens (tertiary/aromatic N) is 3. The number of aryl methyl sites for hydroxylation is 1. The second kappa shape index (κ2) is 8.76. The molecule has 2 aliphatic rings. The molecule has 0 fully saturated rings. The van der Waals surface area contributed by atoms with Gasteiger partial charge in [-0.3, -0.25) is 4.79 Å². The Morgan fingerprint density at radius 2 is 2.03 bits per heavy atom. The monoisotopic (exact) mass is 467 g/mol. The maximum Gasteiger partial charge on any atom is 0.235 e. The van der Waals surface area contributed by atoms with Crippen molar-refractivity contribution >= 4 is 29.1 Å². The van der Waals surface area contributed by atoms with E-state index in [4.69, 9.17) is 21.1 Å². The summed E-state index contributed by atoms with van der Waals surface area (Å²) in [7, 11) is 0. The number of amides is 1. The van der Waals surface area contributed by atoms with Gasteiger partial charge in [0.1, 0.15) is 5.92 Å². The highest BCUT2D eigenvalue weighted by Gasteiger charge is 2.40. The van der Waals surface area contributed by atoms with Crippen molar-refractivity contribution in [2.75, 3.05) is 24.0 Å². The molecule has 2 atom stereocenters. The minimum atomic E-state index is -0.694. The van der Waals surface area contributed by atoms with Crippen LogP contribution in [-0.2, 0) is 11.2 Å². The Morgan fingerprint density at radius 3 is 2.82 bits per heavy atom. The summed E-state index contributed by atoms with van der Waals surface area (Å²) in [5, 5.41) is 20.5. The molecule has 1 aromatic heterocycles. The van der Waals surface area contributed by atoms with Gasteiger partial charge in [-0.05, 0) is 48.4 Å². The van der Waals surface area contributed by atoms with E-state index in [1.807, 2.05) is 18.2 Å². The van der Waals surface area contributed by atoms with Crippen LogP contribution in [0.25, 0.3) is 0 Å². The predicted octanol–water partition coefficient (Wildman–Crippen LogP) is 3.37. The Balaban J connectivity index is 1.54. The number of anilines is 2. The van der Waals surface area contributed by atoms with Crippen LogP contribution in [0.3, 0.4) is 0 Å².